The minimum absolute atomic E-state index is 0.180. The van der Waals surface area contributed by atoms with Gasteiger partial charge in [-0.2, -0.15) is 0 Å². The van der Waals surface area contributed by atoms with E-state index >= 15 is 0 Å². The minimum Gasteiger partial charge on any atom is -0.435 e. The van der Waals surface area contributed by atoms with Crippen LogP contribution in [0.4, 0.5) is 0 Å². The van der Waals surface area contributed by atoms with E-state index in [-0.39, 0.29) is 17.7 Å². The van der Waals surface area contributed by atoms with E-state index in [0.29, 0.717) is 31.0 Å². The number of carbonyl (C=O) groups excluding carboxylic acids is 1. The second kappa shape index (κ2) is 8.50. The van der Waals surface area contributed by atoms with Gasteiger partial charge in [0.1, 0.15) is 18.2 Å². The Hall–Kier alpha value is -3.10. The molecule has 3 aromatic rings. The Labute approximate surface area is 171 Å². The summed E-state index contributed by atoms with van der Waals surface area (Å²) >= 11 is 1.61. The SMILES string of the molecule is Cc1nc(-c2cccc3ccsc23)c(C(=O)NC(CCN)CC2=COOC=C2)o1. The van der Waals surface area contributed by atoms with Gasteiger partial charge in [-0.3, -0.25) is 14.6 Å². The van der Waals surface area contributed by atoms with Crippen molar-refractivity contribution in [3.63, 3.8) is 0 Å². The Morgan fingerprint density at radius 1 is 1.31 bits per heavy atom. The summed E-state index contributed by atoms with van der Waals surface area (Å²) in [5.74, 6) is 0.334. The van der Waals surface area contributed by atoms with Crippen LogP contribution >= 0.6 is 11.3 Å². The standard InChI is InChI=1S/C21H21N3O4S/c1-13-23-18(17-4-2-3-15-7-10-29-20(15)17)19(28-13)21(25)24-16(5-8-22)11-14-6-9-26-27-12-14/h2-4,6-7,9-10,12,16H,5,8,11,22H2,1H3,(H,24,25). The Balaban J connectivity index is 1.61. The van der Waals surface area contributed by atoms with Crippen molar-refractivity contribution in [3.05, 3.63) is 65.5 Å². The largest absolute Gasteiger partial charge is 0.435 e. The molecule has 0 bridgehead atoms. The van der Waals surface area contributed by atoms with Crippen molar-refractivity contribution >= 4 is 27.3 Å². The van der Waals surface area contributed by atoms with Crippen LogP contribution < -0.4 is 11.1 Å². The van der Waals surface area contributed by atoms with Crippen molar-refractivity contribution in [1.82, 2.24) is 10.3 Å². The molecule has 0 saturated carbocycles. The maximum Gasteiger partial charge on any atom is 0.289 e. The molecule has 3 N–H and O–H groups in total. The molecule has 2 aromatic heterocycles. The molecule has 0 radical (unpaired) electrons. The molecule has 8 heteroatoms. The lowest BCUT2D eigenvalue weighted by Crippen LogP contribution is -2.36. The predicted octanol–water partition coefficient (Wildman–Crippen LogP) is 4.06. The molecule has 1 aliphatic rings. The van der Waals surface area contributed by atoms with Gasteiger partial charge in [-0.15, -0.1) is 11.3 Å². The highest BCUT2D eigenvalue weighted by atomic mass is 32.1. The summed E-state index contributed by atoms with van der Waals surface area (Å²) in [7, 11) is 0. The average Bonchev–Trinajstić information content (AvgIpc) is 3.35. The molecule has 1 atom stereocenters. The van der Waals surface area contributed by atoms with Crippen LogP contribution in [0.15, 0.2) is 58.2 Å². The molecule has 1 aromatic carbocycles. The van der Waals surface area contributed by atoms with Crippen molar-refractivity contribution in [3.8, 4) is 11.3 Å². The molecule has 0 fully saturated rings. The third-order valence-electron chi connectivity index (χ3n) is 4.60. The summed E-state index contributed by atoms with van der Waals surface area (Å²) < 4.78 is 6.77. The molecule has 3 heterocycles. The van der Waals surface area contributed by atoms with Gasteiger partial charge < -0.3 is 15.5 Å². The van der Waals surface area contributed by atoms with Gasteiger partial charge in [0.2, 0.25) is 5.76 Å². The van der Waals surface area contributed by atoms with Gasteiger partial charge in [0.15, 0.2) is 5.89 Å². The number of oxazole rings is 1. The number of aryl methyl sites for hydroxylation is 1. The summed E-state index contributed by atoms with van der Waals surface area (Å²) in [6, 6.07) is 7.82. The van der Waals surface area contributed by atoms with Gasteiger partial charge >= 0.3 is 0 Å². The van der Waals surface area contributed by atoms with E-state index in [1.807, 2.05) is 29.6 Å². The molecule has 150 valence electrons. The van der Waals surface area contributed by atoms with E-state index < -0.39 is 0 Å². The fraction of sp³-hybridized carbons (Fsp3) is 0.238. The molecule has 7 nitrogen and oxygen atoms in total. The minimum atomic E-state index is -0.315. The van der Waals surface area contributed by atoms with Gasteiger partial charge in [-0.25, -0.2) is 4.98 Å². The molecule has 4 rings (SSSR count). The van der Waals surface area contributed by atoms with Gasteiger partial charge in [0.25, 0.3) is 5.91 Å². The van der Waals surface area contributed by atoms with Crippen molar-refractivity contribution < 1.29 is 19.0 Å². The zero-order valence-electron chi connectivity index (χ0n) is 15.9. The van der Waals surface area contributed by atoms with Crippen molar-refractivity contribution in [2.75, 3.05) is 6.54 Å². The van der Waals surface area contributed by atoms with E-state index in [0.717, 1.165) is 21.2 Å². The Kier molecular flexibility index (Phi) is 5.64. The maximum absolute atomic E-state index is 13.1. The second-order valence-corrected chi connectivity index (χ2v) is 7.61. The van der Waals surface area contributed by atoms with Gasteiger partial charge in [-0.05, 0) is 47.9 Å². The van der Waals surface area contributed by atoms with Crippen LogP contribution in [0.3, 0.4) is 0 Å². The van der Waals surface area contributed by atoms with Crippen molar-refractivity contribution in [2.24, 2.45) is 5.73 Å². The number of allylic oxidation sites excluding steroid dienone is 1. The van der Waals surface area contributed by atoms with E-state index in [9.17, 15) is 4.79 Å². The number of fused-ring (bicyclic) bond motifs is 1. The summed E-state index contributed by atoms with van der Waals surface area (Å²) in [4.78, 5) is 27.1. The number of benzene rings is 1. The fourth-order valence-electron chi connectivity index (χ4n) is 3.30. The first-order chi connectivity index (χ1) is 14.2. The molecule has 1 aliphatic heterocycles. The highest BCUT2D eigenvalue weighted by Gasteiger charge is 2.24. The lowest BCUT2D eigenvalue weighted by Gasteiger charge is -2.19. The maximum atomic E-state index is 13.1. The normalized spacial score (nSPS) is 14.2. The molecular formula is C21H21N3O4S. The summed E-state index contributed by atoms with van der Waals surface area (Å²) in [5.41, 5.74) is 8.08. The van der Waals surface area contributed by atoms with Crippen LogP contribution in [-0.4, -0.2) is 23.5 Å². The highest BCUT2D eigenvalue weighted by molar-refractivity contribution is 7.17. The monoisotopic (exact) mass is 411 g/mol. The zero-order valence-corrected chi connectivity index (χ0v) is 16.7. The van der Waals surface area contributed by atoms with Gasteiger partial charge in [0, 0.05) is 23.2 Å². The molecule has 29 heavy (non-hydrogen) atoms. The third-order valence-corrected chi connectivity index (χ3v) is 5.56. The molecule has 0 spiro atoms. The van der Waals surface area contributed by atoms with E-state index in [1.165, 1.54) is 12.5 Å². The fourth-order valence-corrected chi connectivity index (χ4v) is 4.21. The number of hydrogen-bond acceptors (Lipinski definition) is 7. The number of nitrogens with zero attached hydrogens (tertiary/aromatic N) is 1. The molecule has 1 amide bonds. The first-order valence-corrected chi connectivity index (χ1v) is 10.2. The van der Waals surface area contributed by atoms with Crippen LogP contribution in [0.25, 0.3) is 21.3 Å². The lowest BCUT2D eigenvalue weighted by molar-refractivity contribution is -0.199. The molecule has 1 unspecified atom stereocenters. The van der Waals surface area contributed by atoms with E-state index in [1.54, 1.807) is 24.3 Å². The van der Waals surface area contributed by atoms with E-state index in [2.05, 4.69) is 10.3 Å². The number of nitrogens with one attached hydrogen (secondary N) is 1. The average molecular weight is 411 g/mol. The summed E-state index contributed by atoms with van der Waals surface area (Å²) in [6.45, 7) is 2.18. The first-order valence-electron chi connectivity index (χ1n) is 9.28. The number of nitrogens with two attached hydrogens (primary N) is 1. The number of thiophene rings is 1. The Bertz CT molecular complexity index is 1080. The number of aromatic nitrogens is 1. The Morgan fingerprint density at radius 3 is 3.00 bits per heavy atom. The quantitative estimate of drug-likeness (QED) is 0.569. The van der Waals surface area contributed by atoms with Gasteiger partial charge in [-0.1, -0.05) is 18.2 Å². The van der Waals surface area contributed by atoms with Crippen LogP contribution in [0.5, 0.6) is 0 Å². The number of amides is 1. The molecule has 0 saturated heterocycles. The summed E-state index contributed by atoms with van der Waals surface area (Å²) in [6.07, 6.45) is 5.93. The molecular weight excluding hydrogens is 390 g/mol. The number of hydrogen-bond donors (Lipinski definition) is 2. The zero-order chi connectivity index (χ0) is 20.2. The topological polar surface area (TPSA) is 99.6 Å². The smallest absolute Gasteiger partial charge is 0.289 e. The molecule has 0 aliphatic carbocycles. The third kappa shape index (κ3) is 4.18. The van der Waals surface area contributed by atoms with Crippen LogP contribution in [-0.2, 0) is 9.78 Å². The lowest BCUT2D eigenvalue weighted by atomic mass is 10.0. The Morgan fingerprint density at radius 2 is 2.21 bits per heavy atom. The van der Waals surface area contributed by atoms with Crippen molar-refractivity contribution in [1.29, 1.82) is 0 Å². The summed E-state index contributed by atoms with van der Waals surface area (Å²) in [5, 5.41) is 6.16. The van der Waals surface area contributed by atoms with Crippen molar-refractivity contribution in [2.45, 2.75) is 25.8 Å². The van der Waals surface area contributed by atoms with Crippen LogP contribution in [0.1, 0.15) is 29.3 Å². The van der Waals surface area contributed by atoms with Gasteiger partial charge in [0.05, 0.1) is 0 Å². The second-order valence-electron chi connectivity index (χ2n) is 6.69. The van der Waals surface area contributed by atoms with Crippen LogP contribution in [0, 0.1) is 6.92 Å². The first kappa shape index (κ1) is 19.2. The van der Waals surface area contributed by atoms with E-state index in [4.69, 9.17) is 19.9 Å². The highest BCUT2D eigenvalue weighted by Crippen LogP contribution is 2.34. The number of carbonyl (C=O) groups is 1. The predicted molar refractivity (Wildman–Crippen MR) is 111 cm³/mol. The number of rotatable bonds is 7. The van der Waals surface area contributed by atoms with Crippen LogP contribution in [0.2, 0.25) is 0 Å².